The topological polar surface area (TPSA) is 78.9 Å². The molecule has 1 aliphatic heterocycles. The Kier molecular flexibility index (Phi) is 5.15. The number of likely N-dealkylation sites (tertiary alicyclic amines) is 1. The molecule has 0 aromatic carbocycles. The zero-order valence-corrected chi connectivity index (χ0v) is 10.6. The van der Waals surface area contributed by atoms with Crippen molar-refractivity contribution in [3.05, 3.63) is 12.7 Å². The van der Waals surface area contributed by atoms with E-state index >= 15 is 0 Å². The van der Waals surface area contributed by atoms with Gasteiger partial charge in [-0.15, -0.1) is 0 Å². The predicted octanol–water partition coefficient (Wildman–Crippen LogP) is 0.838. The Balaban J connectivity index is 2.63. The van der Waals surface area contributed by atoms with Crippen molar-refractivity contribution in [1.82, 2.24) is 10.2 Å². The standard InChI is InChI=1S/C12H20N2O4/c1-3-8-18-11(17)13-12(9-10(15)16)4-6-14(2)7-5-12/h3H,1,4-9H2,2H3,(H,13,17)(H,15,16). The third kappa shape index (κ3) is 4.37. The molecule has 0 unspecified atom stereocenters. The monoisotopic (exact) mass is 256 g/mol. The minimum Gasteiger partial charge on any atom is -0.481 e. The first-order chi connectivity index (χ1) is 8.47. The smallest absolute Gasteiger partial charge is 0.407 e. The molecule has 1 rings (SSSR count). The summed E-state index contributed by atoms with van der Waals surface area (Å²) >= 11 is 0. The zero-order chi connectivity index (χ0) is 13.6. The minimum absolute atomic E-state index is 0.0793. The van der Waals surface area contributed by atoms with Gasteiger partial charge in [0.1, 0.15) is 6.61 Å². The molecule has 6 nitrogen and oxygen atoms in total. The summed E-state index contributed by atoms with van der Waals surface area (Å²) in [4.78, 5) is 24.6. The van der Waals surface area contributed by atoms with E-state index in [0.29, 0.717) is 12.8 Å². The van der Waals surface area contributed by atoms with E-state index in [1.165, 1.54) is 6.08 Å². The number of nitrogens with zero attached hydrogens (tertiary/aromatic N) is 1. The van der Waals surface area contributed by atoms with Crippen molar-refractivity contribution in [3.63, 3.8) is 0 Å². The quantitative estimate of drug-likeness (QED) is 0.712. The summed E-state index contributed by atoms with van der Waals surface area (Å²) in [5.41, 5.74) is -0.698. The highest BCUT2D eigenvalue weighted by molar-refractivity contribution is 5.72. The predicted molar refractivity (Wildman–Crippen MR) is 66.4 cm³/mol. The Morgan fingerprint density at radius 2 is 2.11 bits per heavy atom. The van der Waals surface area contributed by atoms with Crippen LogP contribution >= 0.6 is 0 Å². The Hall–Kier alpha value is -1.56. The lowest BCUT2D eigenvalue weighted by Gasteiger charge is -2.39. The van der Waals surface area contributed by atoms with Crippen LogP contribution < -0.4 is 5.32 Å². The van der Waals surface area contributed by atoms with E-state index in [2.05, 4.69) is 16.8 Å². The van der Waals surface area contributed by atoms with Gasteiger partial charge in [-0.05, 0) is 19.9 Å². The Bertz CT molecular complexity index is 322. The fourth-order valence-corrected chi connectivity index (χ4v) is 2.07. The number of alkyl carbamates (subject to hydrolysis) is 1. The molecule has 1 fully saturated rings. The summed E-state index contributed by atoms with van der Waals surface area (Å²) in [6.07, 6.45) is 2.03. The van der Waals surface area contributed by atoms with Crippen LogP contribution in [-0.4, -0.2) is 54.4 Å². The van der Waals surface area contributed by atoms with E-state index in [4.69, 9.17) is 9.84 Å². The number of carboxylic acid groups (broad SMARTS) is 1. The highest BCUT2D eigenvalue weighted by atomic mass is 16.5. The molecule has 0 spiro atoms. The lowest BCUT2D eigenvalue weighted by molar-refractivity contribution is -0.139. The number of hydrogen-bond acceptors (Lipinski definition) is 4. The third-order valence-corrected chi connectivity index (χ3v) is 3.13. The molecule has 102 valence electrons. The van der Waals surface area contributed by atoms with E-state index in [0.717, 1.165) is 13.1 Å². The maximum Gasteiger partial charge on any atom is 0.407 e. The molecule has 0 saturated carbocycles. The van der Waals surface area contributed by atoms with Crippen LogP contribution in [0.5, 0.6) is 0 Å². The molecule has 1 amide bonds. The Labute approximate surface area is 107 Å². The zero-order valence-electron chi connectivity index (χ0n) is 10.6. The van der Waals surface area contributed by atoms with Gasteiger partial charge in [0.05, 0.1) is 12.0 Å². The summed E-state index contributed by atoms with van der Waals surface area (Å²) in [7, 11) is 1.97. The number of aliphatic carboxylic acids is 1. The molecular weight excluding hydrogens is 236 g/mol. The van der Waals surface area contributed by atoms with E-state index in [-0.39, 0.29) is 13.0 Å². The number of carbonyl (C=O) groups is 2. The summed E-state index contributed by atoms with van der Waals surface area (Å²) in [6, 6.07) is 0. The maximum atomic E-state index is 11.6. The molecule has 1 heterocycles. The molecule has 0 bridgehead atoms. The molecule has 0 aliphatic carbocycles. The van der Waals surface area contributed by atoms with Crippen LogP contribution in [0.3, 0.4) is 0 Å². The number of rotatable bonds is 5. The Morgan fingerprint density at radius 3 is 2.61 bits per heavy atom. The van der Waals surface area contributed by atoms with Gasteiger partial charge in [0.15, 0.2) is 0 Å². The molecule has 0 atom stereocenters. The van der Waals surface area contributed by atoms with Crippen molar-refractivity contribution < 1.29 is 19.4 Å². The van der Waals surface area contributed by atoms with Crippen molar-refractivity contribution >= 4 is 12.1 Å². The van der Waals surface area contributed by atoms with Gasteiger partial charge in [-0.2, -0.15) is 0 Å². The number of nitrogens with one attached hydrogen (secondary N) is 1. The largest absolute Gasteiger partial charge is 0.481 e. The average molecular weight is 256 g/mol. The second kappa shape index (κ2) is 6.39. The van der Waals surface area contributed by atoms with Gasteiger partial charge < -0.3 is 20.1 Å². The molecule has 0 aromatic rings. The summed E-state index contributed by atoms with van der Waals surface area (Å²) < 4.78 is 4.85. The number of piperidine rings is 1. The number of carbonyl (C=O) groups excluding carboxylic acids is 1. The second-order valence-corrected chi connectivity index (χ2v) is 4.67. The lowest BCUT2D eigenvalue weighted by atomic mass is 9.84. The van der Waals surface area contributed by atoms with Crippen LogP contribution in [-0.2, 0) is 9.53 Å². The van der Waals surface area contributed by atoms with Gasteiger partial charge in [0.25, 0.3) is 0 Å². The SMILES string of the molecule is C=CCOC(=O)NC1(CC(=O)O)CCN(C)CC1. The lowest BCUT2D eigenvalue weighted by Crippen LogP contribution is -2.55. The van der Waals surface area contributed by atoms with Crippen molar-refractivity contribution in [1.29, 1.82) is 0 Å². The molecule has 0 radical (unpaired) electrons. The van der Waals surface area contributed by atoms with Crippen LogP contribution in [0.15, 0.2) is 12.7 Å². The number of hydrogen-bond donors (Lipinski definition) is 2. The highest BCUT2D eigenvalue weighted by Crippen LogP contribution is 2.25. The van der Waals surface area contributed by atoms with E-state index in [9.17, 15) is 9.59 Å². The van der Waals surface area contributed by atoms with Crippen LogP contribution in [0.25, 0.3) is 0 Å². The fourth-order valence-electron chi connectivity index (χ4n) is 2.07. The summed E-state index contributed by atoms with van der Waals surface area (Å²) in [6.45, 7) is 5.09. The van der Waals surface area contributed by atoms with Gasteiger partial charge in [-0.1, -0.05) is 12.7 Å². The van der Waals surface area contributed by atoms with E-state index in [1.54, 1.807) is 0 Å². The molecular formula is C12H20N2O4. The molecule has 1 aliphatic rings. The van der Waals surface area contributed by atoms with Crippen LogP contribution in [0.4, 0.5) is 4.79 Å². The number of amides is 1. The first kappa shape index (κ1) is 14.5. The first-order valence-corrected chi connectivity index (χ1v) is 5.94. The normalized spacial score (nSPS) is 18.9. The first-order valence-electron chi connectivity index (χ1n) is 5.94. The number of carboxylic acids is 1. The van der Waals surface area contributed by atoms with Crippen LogP contribution in [0, 0.1) is 0 Å². The van der Waals surface area contributed by atoms with Gasteiger partial charge in [0.2, 0.25) is 0 Å². The van der Waals surface area contributed by atoms with E-state index < -0.39 is 17.6 Å². The summed E-state index contributed by atoms with van der Waals surface area (Å²) in [5.74, 6) is -0.913. The average Bonchev–Trinajstić information content (AvgIpc) is 2.30. The second-order valence-electron chi connectivity index (χ2n) is 4.67. The minimum atomic E-state index is -0.913. The van der Waals surface area contributed by atoms with Crippen molar-refractivity contribution in [2.24, 2.45) is 0 Å². The fraction of sp³-hybridized carbons (Fsp3) is 0.667. The molecule has 18 heavy (non-hydrogen) atoms. The molecule has 1 saturated heterocycles. The van der Waals surface area contributed by atoms with Gasteiger partial charge in [-0.3, -0.25) is 4.79 Å². The van der Waals surface area contributed by atoms with Crippen LogP contribution in [0.2, 0.25) is 0 Å². The third-order valence-electron chi connectivity index (χ3n) is 3.13. The molecule has 6 heteroatoms. The van der Waals surface area contributed by atoms with Crippen molar-refractivity contribution in [2.45, 2.75) is 24.8 Å². The maximum absolute atomic E-state index is 11.6. The van der Waals surface area contributed by atoms with Gasteiger partial charge in [-0.25, -0.2) is 4.79 Å². The Morgan fingerprint density at radius 1 is 1.50 bits per heavy atom. The van der Waals surface area contributed by atoms with Gasteiger partial charge >= 0.3 is 12.1 Å². The number of ether oxygens (including phenoxy) is 1. The molecule has 2 N–H and O–H groups in total. The molecule has 0 aromatic heterocycles. The van der Waals surface area contributed by atoms with Crippen molar-refractivity contribution in [3.8, 4) is 0 Å². The highest BCUT2D eigenvalue weighted by Gasteiger charge is 2.37. The van der Waals surface area contributed by atoms with Crippen LogP contribution in [0.1, 0.15) is 19.3 Å². The summed E-state index contributed by atoms with van der Waals surface area (Å²) in [5, 5.41) is 11.7. The van der Waals surface area contributed by atoms with E-state index in [1.807, 2.05) is 7.05 Å². The van der Waals surface area contributed by atoms with Crippen molar-refractivity contribution in [2.75, 3.05) is 26.7 Å². The van der Waals surface area contributed by atoms with Gasteiger partial charge in [0, 0.05) is 13.1 Å².